The summed E-state index contributed by atoms with van der Waals surface area (Å²) in [6, 6.07) is 5.46. The van der Waals surface area contributed by atoms with Gasteiger partial charge in [0.05, 0.1) is 5.56 Å². The normalized spacial score (nSPS) is 13.3. The Morgan fingerprint density at radius 1 is 1.12 bits per heavy atom. The number of carbonyl (C=O) groups is 3. The number of hydrogen-bond donors (Lipinski definition) is 3. The molecule has 1 aromatic heterocycles. The Hall–Kier alpha value is -2.96. The van der Waals surface area contributed by atoms with Crippen molar-refractivity contribution in [3.63, 3.8) is 0 Å². The molecule has 0 unspecified atom stereocenters. The molecule has 1 heterocycles. The number of fused-ring (bicyclic) bond motifs is 1. The van der Waals surface area contributed by atoms with Crippen molar-refractivity contribution >= 4 is 17.6 Å². The Balaban J connectivity index is 1.73. The van der Waals surface area contributed by atoms with Crippen molar-refractivity contribution in [2.45, 2.75) is 26.2 Å². The van der Waals surface area contributed by atoms with Crippen LogP contribution in [0.25, 0.3) is 0 Å². The van der Waals surface area contributed by atoms with E-state index in [0.717, 1.165) is 18.2 Å². The maximum atomic E-state index is 13.5. The second-order valence-electron chi connectivity index (χ2n) is 5.64. The van der Waals surface area contributed by atoms with Gasteiger partial charge in [-0.2, -0.15) is 0 Å². The van der Waals surface area contributed by atoms with E-state index >= 15 is 0 Å². The smallest absolute Gasteiger partial charge is 0.286 e. The van der Waals surface area contributed by atoms with Crippen LogP contribution in [0.1, 0.15) is 55.3 Å². The molecule has 1 aliphatic carbocycles. The molecule has 1 aromatic carbocycles. The summed E-state index contributed by atoms with van der Waals surface area (Å²) in [4.78, 5) is 39.1. The van der Waals surface area contributed by atoms with Crippen molar-refractivity contribution in [3.8, 4) is 0 Å². The van der Waals surface area contributed by atoms with Gasteiger partial charge in [-0.1, -0.05) is 12.1 Å². The summed E-state index contributed by atoms with van der Waals surface area (Å²) in [6.07, 6.45) is 1.92. The predicted octanol–water partition coefficient (Wildman–Crippen LogP) is 2.06. The molecular formula is C17H16FN3O3. The van der Waals surface area contributed by atoms with Crippen molar-refractivity contribution in [3.05, 3.63) is 58.2 Å². The van der Waals surface area contributed by atoms with E-state index in [4.69, 9.17) is 0 Å². The lowest BCUT2D eigenvalue weighted by Gasteiger charge is -2.09. The third-order valence-corrected chi connectivity index (χ3v) is 4.07. The molecule has 0 aliphatic heterocycles. The fraction of sp³-hybridized carbons (Fsp3) is 0.235. The molecule has 0 fully saturated rings. The van der Waals surface area contributed by atoms with E-state index < -0.39 is 17.6 Å². The fourth-order valence-corrected chi connectivity index (χ4v) is 2.89. The number of aromatic nitrogens is 1. The molecule has 0 saturated heterocycles. The average Bonchev–Trinajstić information content (AvgIpc) is 2.91. The molecule has 3 rings (SSSR count). The Morgan fingerprint density at radius 2 is 1.83 bits per heavy atom. The number of rotatable bonds is 2. The van der Waals surface area contributed by atoms with Gasteiger partial charge >= 0.3 is 0 Å². The number of aromatic amines is 1. The van der Waals surface area contributed by atoms with Gasteiger partial charge in [0.1, 0.15) is 11.5 Å². The van der Waals surface area contributed by atoms with Crippen LogP contribution in [0.5, 0.6) is 0 Å². The van der Waals surface area contributed by atoms with E-state index in [1.807, 2.05) is 0 Å². The lowest BCUT2D eigenvalue weighted by atomic mass is 9.94. The zero-order chi connectivity index (χ0) is 17.3. The molecule has 0 atom stereocenters. The third-order valence-electron chi connectivity index (χ3n) is 4.07. The average molecular weight is 329 g/mol. The van der Waals surface area contributed by atoms with E-state index in [1.165, 1.54) is 18.2 Å². The molecule has 0 saturated carbocycles. The van der Waals surface area contributed by atoms with Crippen molar-refractivity contribution in [1.29, 1.82) is 0 Å². The number of nitrogens with one attached hydrogen (secondary N) is 3. The van der Waals surface area contributed by atoms with Crippen LogP contribution in [-0.4, -0.2) is 22.6 Å². The summed E-state index contributed by atoms with van der Waals surface area (Å²) < 4.78 is 13.5. The van der Waals surface area contributed by atoms with Gasteiger partial charge in [0.15, 0.2) is 5.78 Å². The van der Waals surface area contributed by atoms with Crippen molar-refractivity contribution in [2.75, 3.05) is 0 Å². The van der Waals surface area contributed by atoms with Crippen LogP contribution in [0, 0.1) is 12.7 Å². The van der Waals surface area contributed by atoms with E-state index in [2.05, 4.69) is 15.8 Å². The summed E-state index contributed by atoms with van der Waals surface area (Å²) >= 11 is 0. The monoisotopic (exact) mass is 329 g/mol. The minimum absolute atomic E-state index is 0.0134. The van der Waals surface area contributed by atoms with Crippen LogP contribution in [0.15, 0.2) is 24.3 Å². The Bertz CT molecular complexity index is 842. The van der Waals surface area contributed by atoms with Gasteiger partial charge in [-0.15, -0.1) is 0 Å². The number of halogens is 1. The second-order valence-corrected chi connectivity index (χ2v) is 5.64. The molecule has 2 amide bonds. The van der Waals surface area contributed by atoms with Crippen LogP contribution in [0.4, 0.5) is 4.39 Å². The van der Waals surface area contributed by atoms with Crippen molar-refractivity contribution in [2.24, 2.45) is 0 Å². The number of H-pyrrole nitrogens is 1. The maximum absolute atomic E-state index is 13.5. The Morgan fingerprint density at radius 3 is 2.54 bits per heavy atom. The number of ketones is 1. The van der Waals surface area contributed by atoms with Gasteiger partial charge in [-0.3, -0.25) is 25.2 Å². The van der Waals surface area contributed by atoms with Crippen molar-refractivity contribution in [1.82, 2.24) is 15.8 Å². The highest BCUT2D eigenvalue weighted by Gasteiger charge is 2.26. The summed E-state index contributed by atoms with van der Waals surface area (Å²) in [5.41, 5.74) is 6.34. The first-order chi connectivity index (χ1) is 11.5. The predicted molar refractivity (Wildman–Crippen MR) is 84.1 cm³/mol. The van der Waals surface area contributed by atoms with Crippen LogP contribution >= 0.6 is 0 Å². The second kappa shape index (κ2) is 6.27. The van der Waals surface area contributed by atoms with Crippen molar-refractivity contribution < 1.29 is 18.8 Å². The lowest BCUT2D eigenvalue weighted by molar-refractivity contribution is 0.0841. The number of carbonyl (C=O) groups excluding carboxylic acids is 3. The third kappa shape index (κ3) is 2.80. The lowest BCUT2D eigenvalue weighted by Crippen LogP contribution is -2.42. The quantitative estimate of drug-likeness (QED) is 0.737. The highest BCUT2D eigenvalue weighted by atomic mass is 19.1. The Labute approximate surface area is 137 Å². The summed E-state index contributed by atoms with van der Waals surface area (Å²) in [6.45, 7) is 1.69. The SMILES string of the molecule is Cc1c(C(=O)NNC(=O)c2ccccc2F)[nH]c2c1C(=O)CCC2. The fourth-order valence-electron chi connectivity index (χ4n) is 2.89. The Kier molecular flexibility index (Phi) is 4.16. The first kappa shape index (κ1) is 15.9. The topological polar surface area (TPSA) is 91.1 Å². The molecule has 3 N–H and O–H groups in total. The summed E-state index contributed by atoms with van der Waals surface area (Å²) in [5.74, 6) is -2.01. The number of hydrogen-bond acceptors (Lipinski definition) is 3. The molecule has 2 aromatic rings. The summed E-state index contributed by atoms with van der Waals surface area (Å²) in [5, 5.41) is 0. The first-order valence-electron chi connectivity index (χ1n) is 7.59. The number of aryl methyl sites for hydroxylation is 1. The molecule has 6 nitrogen and oxygen atoms in total. The maximum Gasteiger partial charge on any atom is 0.286 e. The molecule has 0 spiro atoms. The van der Waals surface area contributed by atoms with E-state index in [-0.39, 0.29) is 17.0 Å². The zero-order valence-corrected chi connectivity index (χ0v) is 13.0. The van der Waals surface area contributed by atoms with Gasteiger partial charge in [0.2, 0.25) is 0 Å². The van der Waals surface area contributed by atoms with Crippen LogP contribution in [0.3, 0.4) is 0 Å². The van der Waals surface area contributed by atoms with Gasteiger partial charge in [0, 0.05) is 17.7 Å². The molecule has 1 aliphatic rings. The molecule has 0 bridgehead atoms. The molecule has 7 heteroatoms. The van der Waals surface area contributed by atoms with E-state index in [9.17, 15) is 18.8 Å². The van der Waals surface area contributed by atoms with Gasteiger partial charge in [-0.25, -0.2) is 4.39 Å². The summed E-state index contributed by atoms with van der Waals surface area (Å²) in [7, 11) is 0. The number of amides is 2. The van der Waals surface area contributed by atoms with E-state index in [1.54, 1.807) is 6.92 Å². The highest BCUT2D eigenvalue weighted by molar-refractivity contribution is 6.05. The number of Topliss-reactive ketones (excluding diaryl/α,β-unsaturated/α-hetero) is 1. The first-order valence-corrected chi connectivity index (χ1v) is 7.59. The number of benzene rings is 1. The molecule has 0 radical (unpaired) electrons. The van der Waals surface area contributed by atoms with Crippen LogP contribution < -0.4 is 10.9 Å². The highest BCUT2D eigenvalue weighted by Crippen LogP contribution is 2.26. The minimum Gasteiger partial charge on any atom is -0.354 e. The van der Waals surface area contributed by atoms with Gasteiger partial charge in [0.25, 0.3) is 11.8 Å². The molecule has 124 valence electrons. The molecule has 24 heavy (non-hydrogen) atoms. The van der Waals surface area contributed by atoms with Crippen LogP contribution in [0.2, 0.25) is 0 Å². The standard InChI is InChI=1S/C17H16FN3O3/c1-9-14-12(7-4-8-13(14)22)19-15(9)17(24)21-20-16(23)10-5-2-3-6-11(10)18/h2-3,5-6,19H,4,7-8H2,1H3,(H,20,23)(H,21,24). The molecular weight excluding hydrogens is 313 g/mol. The van der Waals surface area contributed by atoms with E-state index in [0.29, 0.717) is 24.0 Å². The van der Waals surface area contributed by atoms with Gasteiger partial charge < -0.3 is 4.98 Å². The minimum atomic E-state index is -0.758. The largest absolute Gasteiger partial charge is 0.354 e. The van der Waals surface area contributed by atoms with Gasteiger partial charge in [-0.05, 0) is 37.5 Å². The number of hydrazine groups is 1. The zero-order valence-electron chi connectivity index (χ0n) is 13.0. The van der Waals surface area contributed by atoms with Crippen LogP contribution in [-0.2, 0) is 6.42 Å².